The van der Waals surface area contributed by atoms with Crippen LogP contribution in [0, 0.1) is 0 Å². The van der Waals surface area contributed by atoms with E-state index >= 15 is 0 Å². The van der Waals surface area contributed by atoms with Crippen LogP contribution in [0.1, 0.15) is 36.0 Å². The number of anilines is 1. The first-order valence-electron chi connectivity index (χ1n) is 10.7. The lowest BCUT2D eigenvalue weighted by Gasteiger charge is -2.24. The topological polar surface area (TPSA) is 107 Å². The summed E-state index contributed by atoms with van der Waals surface area (Å²) < 4.78 is 8.81. The second kappa shape index (κ2) is 8.49. The predicted octanol–water partition coefficient (Wildman–Crippen LogP) is 3.81. The summed E-state index contributed by atoms with van der Waals surface area (Å²) in [5.41, 5.74) is 1.67. The van der Waals surface area contributed by atoms with Gasteiger partial charge >= 0.3 is 0 Å². The second-order valence-corrected chi connectivity index (χ2v) is 8.68. The summed E-state index contributed by atoms with van der Waals surface area (Å²) in [7, 11) is 1.57. The Morgan fingerprint density at radius 3 is 2.88 bits per heavy atom. The zero-order chi connectivity index (χ0) is 23.0. The molecule has 9 nitrogen and oxygen atoms in total. The summed E-state index contributed by atoms with van der Waals surface area (Å²) >= 11 is 6.30. The molecule has 0 aliphatic heterocycles. The molecule has 4 aromatic rings. The van der Waals surface area contributed by atoms with Crippen molar-refractivity contribution in [1.82, 2.24) is 24.4 Å². The Kier molecular flexibility index (Phi) is 5.51. The lowest BCUT2D eigenvalue weighted by molar-refractivity contribution is 0.0270. The molecule has 0 bridgehead atoms. The zero-order valence-corrected chi connectivity index (χ0v) is 18.8. The van der Waals surface area contributed by atoms with Gasteiger partial charge in [0.2, 0.25) is 0 Å². The van der Waals surface area contributed by atoms with Crippen molar-refractivity contribution in [3.8, 4) is 17.0 Å². The maximum Gasteiger partial charge on any atom is 0.261 e. The standard InChI is InChI=1S/C23H23ClN6O3/c1-33-19-6-5-15(24)11-16(19)20-18(13-27-30(20)14-23(32)7-2-3-8-23)28-22(31)17-12-26-29-10-4-9-25-21(17)29/h4-6,9-13,32H,2-3,7-8,14H2,1H3,(H,28,31). The van der Waals surface area contributed by atoms with Gasteiger partial charge < -0.3 is 15.2 Å². The van der Waals surface area contributed by atoms with Crippen LogP contribution in [-0.4, -0.2) is 48.1 Å². The number of ether oxygens (including phenoxy) is 1. The number of amides is 1. The van der Waals surface area contributed by atoms with Crippen LogP contribution >= 0.6 is 11.6 Å². The van der Waals surface area contributed by atoms with Crippen LogP contribution in [0.15, 0.2) is 49.1 Å². The van der Waals surface area contributed by atoms with Gasteiger partial charge in [-0.3, -0.25) is 9.48 Å². The smallest absolute Gasteiger partial charge is 0.261 e. The van der Waals surface area contributed by atoms with E-state index in [-0.39, 0.29) is 5.91 Å². The molecule has 0 radical (unpaired) electrons. The van der Waals surface area contributed by atoms with Gasteiger partial charge in [-0.1, -0.05) is 24.4 Å². The molecule has 0 spiro atoms. The van der Waals surface area contributed by atoms with E-state index in [1.54, 1.807) is 54.6 Å². The van der Waals surface area contributed by atoms with Gasteiger partial charge in [0.15, 0.2) is 5.65 Å². The number of fused-ring (bicyclic) bond motifs is 1. The molecule has 0 saturated heterocycles. The molecule has 1 aliphatic rings. The first-order valence-corrected chi connectivity index (χ1v) is 11.1. The van der Waals surface area contributed by atoms with Gasteiger partial charge in [0, 0.05) is 23.0 Å². The molecular formula is C23H23ClN6O3. The van der Waals surface area contributed by atoms with Crippen molar-refractivity contribution in [2.75, 3.05) is 12.4 Å². The van der Waals surface area contributed by atoms with E-state index in [1.807, 2.05) is 0 Å². The maximum absolute atomic E-state index is 13.2. The van der Waals surface area contributed by atoms with Crippen LogP contribution in [0.25, 0.3) is 16.9 Å². The van der Waals surface area contributed by atoms with E-state index in [4.69, 9.17) is 16.3 Å². The van der Waals surface area contributed by atoms with Gasteiger partial charge in [0.1, 0.15) is 11.3 Å². The highest BCUT2D eigenvalue weighted by atomic mass is 35.5. The van der Waals surface area contributed by atoms with Crippen LogP contribution < -0.4 is 10.1 Å². The number of rotatable bonds is 6. The average Bonchev–Trinajstić information content (AvgIpc) is 3.52. The lowest BCUT2D eigenvalue weighted by Crippen LogP contribution is -2.31. The van der Waals surface area contributed by atoms with Gasteiger partial charge in [0.25, 0.3) is 5.91 Å². The number of halogens is 1. The predicted molar refractivity (Wildman–Crippen MR) is 124 cm³/mol. The van der Waals surface area contributed by atoms with Crippen molar-refractivity contribution >= 4 is 28.8 Å². The van der Waals surface area contributed by atoms with Crippen molar-refractivity contribution in [1.29, 1.82) is 0 Å². The number of benzene rings is 1. The van der Waals surface area contributed by atoms with Crippen molar-refractivity contribution in [3.63, 3.8) is 0 Å². The Morgan fingerprint density at radius 1 is 1.27 bits per heavy atom. The average molecular weight is 467 g/mol. The minimum atomic E-state index is -0.847. The minimum Gasteiger partial charge on any atom is -0.496 e. The molecule has 170 valence electrons. The molecule has 1 aromatic carbocycles. The molecule has 10 heteroatoms. The van der Waals surface area contributed by atoms with Crippen LogP contribution in [0.2, 0.25) is 5.02 Å². The third-order valence-electron chi connectivity index (χ3n) is 6.01. The molecule has 1 fully saturated rings. The third kappa shape index (κ3) is 4.05. The molecule has 33 heavy (non-hydrogen) atoms. The van der Waals surface area contributed by atoms with Gasteiger partial charge in [-0.05, 0) is 37.1 Å². The quantitative estimate of drug-likeness (QED) is 0.447. The second-order valence-electron chi connectivity index (χ2n) is 8.24. The van der Waals surface area contributed by atoms with Crippen LogP contribution in [0.3, 0.4) is 0 Å². The highest BCUT2D eigenvalue weighted by molar-refractivity contribution is 6.31. The molecule has 0 atom stereocenters. The summed E-state index contributed by atoms with van der Waals surface area (Å²) in [6.07, 6.45) is 9.73. The fourth-order valence-electron chi connectivity index (χ4n) is 4.39. The number of nitrogens with one attached hydrogen (secondary N) is 1. The molecule has 1 amide bonds. The summed E-state index contributed by atoms with van der Waals surface area (Å²) in [6, 6.07) is 7.00. The molecule has 5 rings (SSSR count). The van der Waals surface area contributed by atoms with Crippen LogP contribution in [-0.2, 0) is 6.54 Å². The highest BCUT2D eigenvalue weighted by Gasteiger charge is 2.33. The van der Waals surface area contributed by atoms with Crippen LogP contribution in [0.5, 0.6) is 5.75 Å². The Bertz CT molecular complexity index is 1320. The van der Waals surface area contributed by atoms with Crippen molar-refractivity contribution in [2.24, 2.45) is 0 Å². The number of hydrogen-bond acceptors (Lipinski definition) is 6. The molecule has 3 aromatic heterocycles. The number of methoxy groups -OCH3 is 1. The van der Waals surface area contributed by atoms with Gasteiger partial charge in [-0.2, -0.15) is 10.2 Å². The number of hydrogen-bond donors (Lipinski definition) is 2. The number of aliphatic hydroxyl groups is 1. The minimum absolute atomic E-state index is 0.298. The summed E-state index contributed by atoms with van der Waals surface area (Å²) in [6.45, 7) is 0.298. The summed E-state index contributed by atoms with van der Waals surface area (Å²) in [5, 5.41) is 23.2. The first-order chi connectivity index (χ1) is 16.0. The maximum atomic E-state index is 13.2. The Labute approximate surface area is 195 Å². The number of carbonyl (C=O) groups is 1. The first kappa shape index (κ1) is 21.4. The van der Waals surface area contributed by atoms with E-state index < -0.39 is 5.60 Å². The zero-order valence-electron chi connectivity index (χ0n) is 18.0. The van der Waals surface area contributed by atoms with Gasteiger partial charge in [-0.15, -0.1) is 0 Å². The lowest BCUT2D eigenvalue weighted by atomic mass is 10.0. The molecular weight excluding hydrogens is 444 g/mol. The van der Waals surface area contributed by atoms with Gasteiger partial charge in [0.05, 0.1) is 43.0 Å². The molecule has 1 aliphatic carbocycles. The summed E-state index contributed by atoms with van der Waals surface area (Å²) in [4.78, 5) is 17.4. The SMILES string of the molecule is COc1ccc(Cl)cc1-c1c(NC(=O)c2cnn3cccnc23)cnn1CC1(O)CCCC1. The highest BCUT2D eigenvalue weighted by Crippen LogP contribution is 2.39. The number of carbonyl (C=O) groups excluding carboxylic acids is 1. The normalized spacial score (nSPS) is 15.1. The van der Waals surface area contributed by atoms with Crippen LogP contribution in [0.4, 0.5) is 5.69 Å². The van der Waals surface area contributed by atoms with Crippen molar-refractivity contribution < 1.29 is 14.6 Å². The fourth-order valence-corrected chi connectivity index (χ4v) is 4.57. The third-order valence-corrected chi connectivity index (χ3v) is 6.24. The summed E-state index contributed by atoms with van der Waals surface area (Å²) in [5.74, 6) is 0.206. The largest absolute Gasteiger partial charge is 0.496 e. The Morgan fingerprint density at radius 2 is 2.09 bits per heavy atom. The van der Waals surface area contributed by atoms with E-state index in [1.165, 1.54) is 10.7 Å². The van der Waals surface area contributed by atoms with E-state index in [2.05, 4.69) is 20.5 Å². The van der Waals surface area contributed by atoms with Crippen molar-refractivity contribution in [2.45, 2.75) is 37.8 Å². The fraction of sp³-hybridized carbons (Fsp3) is 0.304. The molecule has 2 N–H and O–H groups in total. The number of nitrogens with zero attached hydrogens (tertiary/aromatic N) is 5. The van der Waals surface area contributed by atoms with Gasteiger partial charge in [-0.25, -0.2) is 9.50 Å². The molecule has 3 heterocycles. The van der Waals surface area contributed by atoms with E-state index in [0.29, 0.717) is 58.3 Å². The monoisotopic (exact) mass is 466 g/mol. The van der Waals surface area contributed by atoms with Crippen molar-refractivity contribution in [3.05, 3.63) is 59.6 Å². The van der Waals surface area contributed by atoms with E-state index in [9.17, 15) is 9.90 Å². The Balaban J connectivity index is 1.57. The Hall–Kier alpha value is -3.43. The molecule has 1 saturated carbocycles. The number of aromatic nitrogens is 5. The molecule has 0 unspecified atom stereocenters. The van der Waals surface area contributed by atoms with E-state index in [0.717, 1.165) is 12.8 Å².